The fourth-order valence-corrected chi connectivity index (χ4v) is 2.13. The fraction of sp³-hybridized carbons (Fsp3) is 0.400. The molecule has 1 aromatic carbocycles. The molecule has 1 rings (SSSR count). The lowest BCUT2D eigenvalue weighted by atomic mass is 10.1. The van der Waals surface area contributed by atoms with Gasteiger partial charge >= 0.3 is 0 Å². The van der Waals surface area contributed by atoms with Crippen LogP contribution in [0.3, 0.4) is 0 Å². The van der Waals surface area contributed by atoms with Crippen LogP contribution in [0.25, 0.3) is 0 Å². The Morgan fingerprint density at radius 3 is 2.36 bits per heavy atom. The van der Waals surface area contributed by atoms with Gasteiger partial charge in [0.25, 0.3) is 0 Å². The van der Waals surface area contributed by atoms with Gasteiger partial charge in [-0.15, -0.1) is 0 Å². The Labute approximate surface area is 100 Å². The maximum atomic E-state index is 5.94. The first-order valence-corrected chi connectivity index (χ1v) is 5.67. The molecule has 1 nitrogen and oxygen atoms in total. The van der Waals surface area contributed by atoms with Crippen LogP contribution < -0.4 is 0 Å². The minimum Gasteiger partial charge on any atom is -0.302 e. The van der Waals surface area contributed by atoms with Gasteiger partial charge in [0.1, 0.15) is 0 Å². The van der Waals surface area contributed by atoms with Crippen molar-refractivity contribution in [2.24, 2.45) is 0 Å². The molecule has 0 bridgehead atoms. The molecule has 0 aromatic heterocycles. The van der Waals surface area contributed by atoms with Crippen LogP contribution >= 0.6 is 35.8 Å². The maximum absolute atomic E-state index is 5.94. The van der Waals surface area contributed by atoms with Crippen LogP contribution in [0.4, 0.5) is 0 Å². The van der Waals surface area contributed by atoms with E-state index in [4.69, 9.17) is 23.2 Å². The largest absolute Gasteiger partial charge is 0.302 e. The lowest BCUT2D eigenvalue weighted by Crippen LogP contribution is -2.21. The third-order valence-electron chi connectivity index (χ3n) is 2.12. The molecule has 0 aliphatic rings. The van der Waals surface area contributed by atoms with Crippen LogP contribution in [0.5, 0.6) is 0 Å². The van der Waals surface area contributed by atoms with Crippen molar-refractivity contribution in [2.45, 2.75) is 6.04 Å². The molecule has 0 amide bonds. The second-order valence-corrected chi connectivity index (χ2v) is 4.52. The summed E-state index contributed by atoms with van der Waals surface area (Å²) in [5, 5.41) is 1.19. The topological polar surface area (TPSA) is 3.24 Å². The predicted molar refractivity (Wildman–Crippen MR) is 66.7 cm³/mol. The van der Waals surface area contributed by atoms with Gasteiger partial charge in [0, 0.05) is 11.8 Å². The molecule has 1 atom stereocenters. The van der Waals surface area contributed by atoms with Crippen molar-refractivity contribution in [1.29, 1.82) is 0 Å². The summed E-state index contributed by atoms with van der Waals surface area (Å²) in [5.74, 6) is 0.755. The number of rotatable bonds is 3. The summed E-state index contributed by atoms with van der Waals surface area (Å²) in [6.07, 6.45) is 0. The molecule has 0 radical (unpaired) electrons. The van der Waals surface area contributed by atoms with E-state index >= 15 is 0 Å². The van der Waals surface area contributed by atoms with Crippen molar-refractivity contribution in [3.05, 3.63) is 33.8 Å². The molecule has 0 aliphatic heterocycles. The highest BCUT2D eigenvalue weighted by Gasteiger charge is 2.12. The predicted octanol–water partition coefficient (Wildman–Crippen LogP) is 3.53. The molecule has 0 saturated heterocycles. The zero-order valence-electron chi connectivity index (χ0n) is 8.17. The summed E-state index contributed by atoms with van der Waals surface area (Å²) < 4.78 is 0. The van der Waals surface area contributed by atoms with E-state index in [2.05, 4.69) is 17.5 Å². The normalized spacial score (nSPS) is 13.3. The average molecular weight is 250 g/mol. The Balaban J connectivity index is 3.00. The van der Waals surface area contributed by atoms with Crippen molar-refractivity contribution in [2.75, 3.05) is 19.8 Å². The van der Waals surface area contributed by atoms with Crippen molar-refractivity contribution < 1.29 is 0 Å². The molecule has 4 heteroatoms. The molecule has 0 N–H and O–H groups in total. The van der Waals surface area contributed by atoms with Gasteiger partial charge in [-0.3, -0.25) is 0 Å². The van der Waals surface area contributed by atoms with E-state index in [0.717, 1.165) is 11.3 Å². The Morgan fingerprint density at radius 1 is 1.29 bits per heavy atom. The highest BCUT2D eigenvalue weighted by molar-refractivity contribution is 7.80. The van der Waals surface area contributed by atoms with Crippen LogP contribution in [0.2, 0.25) is 10.0 Å². The Kier molecular flexibility index (Phi) is 4.58. The molecule has 0 heterocycles. The molecule has 14 heavy (non-hydrogen) atoms. The molecule has 1 aromatic rings. The second-order valence-electron chi connectivity index (χ2n) is 3.34. The summed E-state index contributed by atoms with van der Waals surface area (Å²) in [6.45, 7) is 0. The van der Waals surface area contributed by atoms with Gasteiger partial charge in [-0.05, 0) is 31.8 Å². The van der Waals surface area contributed by atoms with Crippen molar-refractivity contribution in [3.8, 4) is 0 Å². The molecular formula is C10H13Cl2NS. The zero-order valence-corrected chi connectivity index (χ0v) is 10.6. The molecule has 0 aliphatic carbocycles. The minimum atomic E-state index is 0.271. The highest BCUT2D eigenvalue weighted by Crippen LogP contribution is 2.27. The van der Waals surface area contributed by atoms with Gasteiger partial charge in [0.2, 0.25) is 0 Å². The number of hydrogen-bond donors (Lipinski definition) is 1. The third kappa shape index (κ3) is 2.80. The van der Waals surface area contributed by atoms with Crippen LogP contribution in [0, 0.1) is 0 Å². The third-order valence-corrected chi connectivity index (χ3v) is 3.21. The quantitative estimate of drug-likeness (QED) is 0.803. The van der Waals surface area contributed by atoms with Crippen LogP contribution in [-0.4, -0.2) is 24.7 Å². The summed E-state index contributed by atoms with van der Waals surface area (Å²) in [6, 6.07) is 5.96. The standard InChI is InChI=1S/C10H13Cl2NS/c1-13(2)10(6-14)7-3-4-8(11)9(12)5-7/h3-5,10,14H,6H2,1-2H3. The van der Waals surface area contributed by atoms with E-state index in [1.165, 1.54) is 0 Å². The summed E-state index contributed by atoms with van der Waals surface area (Å²) >= 11 is 16.1. The van der Waals surface area contributed by atoms with Crippen LogP contribution in [0.1, 0.15) is 11.6 Å². The average Bonchev–Trinajstić information content (AvgIpc) is 2.11. The number of thiol groups is 1. The molecule has 0 fully saturated rings. The van der Waals surface area contributed by atoms with E-state index in [-0.39, 0.29) is 6.04 Å². The van der Waals surface area contributed by atoms with Gasteiger partial charge in [0.15, 0.2) is 0 Å². The summed E-state index contributed by atoms with van der Waals surface area (Å²) in [5.41, 5.74) is 1.14. The zero-order chi connectivity index (χ0) is 10.7. The highest BCUT2D eigenvalue weighted by atomic mass is 35.5. The van der Waals surface area contributed by atoms with Crippen molar-refractivity contribution in [1.82, 2.24) is 4.90 Å². The van der Waals surface area contributed by atoms with E-state index in [1.807, 2.05) is 32.3 Å². The Hall–Kier alpha value is 0.110. The SMILES string of the molecule is CN(C)C(CS)c1ccc(Cl)c(Cl)c1. The van der Waals surface area contributed by atoms with Gasteiger partial charge in [0.05, 0.1) is 10.0 Å². The van der Waals surface area contributed by atoms with Crippen LogP contribution in [-0.2, 0) is 0 Å². The van der Waals surface area contributed by atoms with E-state index in [0.29, 0.717) is 10.0 Å². The fourth-order valence-electron chi connectivity index (χ4n) is 1.29. The second kappa shape index (κ2) is 5.26. The Morgan fingerprint density at radius 2 is 1.93 bits per heavy atom. The first kappa shape index (κ1) is 12.2. The molecule has 0 saturated carbocycles. The Bertz CT molecular complexity index is 315. The van der Waals surface area contributed by atoms with Gasteiger partial charge in [-0.2, -0.15) is 12.6 Å². The van der Waals surface area contributed by atoms with E-state index in [1.54, 1.807) is 0 Å². The summed E-state index contributed by atoms with van der Waals surface area (Å²) in [4.78, 5) is 2.10. The molecule has 1 unspecified atom stereocenters. The number of benzene rings is 1. The molecule has 0 spiro atoms. The van der Waals surface area contributed by atoms with Crippen molar-refractivity contribution >= 4 is 35.8 Å². The first-order chi connectivity index (χ1) is 6.56. The number of halogens is 2. The first-order valence-electron chi connectivity index (χ1n) is 4.28. The van der Waals surface area contributed by atoms with Crippen molar-refractivity contribution in [3.63, 3.8) is 0 Å². The lowest BCUT2D eigenvalue weighted by Gasteiger charge is -2.23. The minimum absolute atomic E-state index is 0.271. The van der Waals surface area contributed by atoms with Gasteiger partial charge < -0.3 is 4.90 Å². The molecular weight excluding hydrogens is 237 g/mol. The monoisotopic (exact) mass is 249 g/mol. The van der Waals surface area contributed by atoms with E-state index < -0.39 is 0 Å². The van der Waals surface area contributed by atoms with Crippen LogP contribution in [0.15, 0.2) is 18.2 Å². The van der Waals surface area contributed by atoms with E-state index in [9.17, 15) is 0 Å². The molecule has 78 valence electrons. The summed E-state index contributed by atoms with van der Waals surface area (Å²) in [7, 11) is 4.03. The van der Waals surface area contributed by atoms with Gasteiger partial charge in [-0.1, -0.05) is 29.3 Å². The lowest BCUT2D eigenvalue weighted by molar-refractivity contribution is 0.326. The maximum Gasteiger partial charge on any atom is 0.0595 e. The number of hydrogen-bond acceptors (Lipinski definition) is 2. The van der Waals surface area contributed by atoms with Gasteiger partial charge in [-0.25, -0.2) is 0 Å². The smallest absolute Gasteiger partial charge is 0.0595 e. The number of nitrogens with zero attached hydrogens (tertiary/aromatic N) is 1.